The first-order chi connectivity index (χ1) is 8.91. The van der Waals surface area contributed by atoms with Crippen molar-refractivity contribution in [3.63, 3.8) is 0 Å². The van der Waals surface area contributed by atoms with Crippen LogP contribution in [0.1, 0.15) is 6.92 Å². The molecule has 1 aliphatic carbocycles. The van der Waals surface area contributed by atoms with Crippen LogP contribution in [-0.4, -0.2) is 30.4 Å². The van der Waals surface area contributed by atoms with Gasteiger partial charge in [-0.3, -0.25) is 0 Å². The van der Waals surface area contributed by atoms with Crippen molar-refractivity contribution in [3.05, 3.63) is 47.9 Å². The molecule has 0 saturated carbocycles. The smallest absolute Gasteiger partial charge is 0.409 e. The number of hydrazine groups is 1. The van der Waals surface area contributed by atoms with E-state index in [1.807, 2.05) is 19.1 Å². The number of hydrogen-bond donors (Lipinski definition) is 1. The van der Waals surface area contributed by atoms with Crippen LogP contribution in [0, 0.1) is 0 Å². The molecule has 3 nitrogen and oxygen atoms in total. The van der Waals surface area contributed by atoms with E-state index in [1.54, 1.807) is 19.3 Å². The van der Waals surface area contributed by atoms with Crippen molar-refractivity contribution in [1.29, 1.82) is 0 Å². The Morgan fingerprint density at radius 2 is 1.89 bits per heavy atom. The summed E-state index contributed by atoms with van der Waals surface area (Å²) in [6.45, 7) is 1.88. The van der Waals surface area contributed by atoms with Gasteiger partial charge in [0.25, 0.3) is 0 Å². The van der Waals surface area contributed by atoms with Gasteiger partial charge in [0.1, 0.15) is 11.8 Å². The Hall–Kier alpha value is -1.69. The molecule has 0 bridgehead atoms. The highest BCUT2D eigenvalue weighted by Gasteiger charge is 2.41. The van der Waals surface area contributed by atoms with Crippen molar-refractivity contribution in [2.24, 2.45) is 0 Å². The monoisotopic (exact) mass is 272 g/mol. The molecule has 2 unspecified atom stereocenters. The van der Waals surface area contributed by atoms with Crippen LogP contribution in [-0.2, 0) is 4.74 Å². The Balaban J connectivity index is 2.08. The number of rotatable bonds is 2. The molecular formula is C13H15F3N2O. The van der Waals surface area contributed by atoms with Crippen molar-refractivity contribution in [2.45, 2.75) is 25.2 Å². The molecule has 0 fully saturated rings. The molecule has 2 aliphatic rings. The lowest BCUT2D eigenvalue weighted by atomic mass is 10.2. The standard InChI is InChI=1S/C13H15F3N2O/c1-9-3-4-10(5-6-11(9)19-2)18-8-7-12(17-18)13(14,15)16/h3-8,10,12,17H,1-2H3. The number of hydrogen-bond acceptors (Lipinski definition) is 3. The second kappa shape index (κ2) is 5.13. The van der Waals surface area contributed by atoms with Gasteiger partial charge in [-0.25, -0.2) is 5.43 Å². The van der Waals surface area contributed by atoms with Gasteiger partial charge in [-0.05, 0) is 24.6 Å². The second-order valence-corrected chi connectivity index (χ2v) is 4.36. The molecule has 19 heavy (non-hydrogen) atoms. The molecule has 1 N–H and O–H groups in total. The van der Waals surface area contributed by atoms with Crippen molar-refractivity contribution >= 4 is 0 Å². The summed E-state index contributed by atoms with van der Waals surface area (Å²) in [5, 5.41) is 1.43. The third-order valence-corrected chi connectivity index (χ3v) is 3.00. The van der Waals surface area contributed by atoms with Gasteiger partial charge < -0.3 is 9.75 Å². The van der Waals surface area contributed by atoms with Crippen molar-refractivity contribution in [2.75, 3.05) is 7.11 Å². The predicted octanol–water partition coefficient (Wildman–Crippen LogP) is 2.67. The van der Waals surface area contributed by atoms with Gasteiger partial charge in [-0.15, -0.1) is 0 Å². The van der Waals surface area contributed by atoms with Crippen LogP contribution in [0.15, 0.2) is 47.9 Å². The van der Waals surface area contributed by atoms with Crippen molar-refractivity contribution < 1.29 is 17.9 Å². The van der Waals surface area contributed by atoms with Crippen molar-refractivity contribution in [1.82, 2.24) is 10.4 Å². The third kappa shape index (κ3) is 3.01. The van der Waals surface area contributed by atoms with E-state index in [0.29, 0.717) is 5.76 Å². The zero-order chi connectivity index (χ0) is 14.0. The Labute approximate surface area is 109 Å². The summed E-state index contributed by atoms with van der Waals surface area (Å²) in [4.78, 5) is 0. The highest BCUT2D eigenvalue weighted by molar-refractivity contribution is 5.34. The van der Waals surface area contributed by atoms with Gasteiger partial charge in [-0.1, -0.05) is 18.2 Å². The maximum atomic E-state index is 12.6. The van der Waals surface area contributed by atoms with Crippen LogP contribution in [0.3, 0.4) is 0 Å². The van der Waals surface area contributed by atoms with Crippen LogP contribution < -0.4 is 5.43 Å². The summed E-state index contributed by atoms with van der Waals surface area (Å²) in [5.41, 5.74) is 3.34. The van der Waals surface area contributed by atoms with E-state index < -0.39 is 12.2 Å². The van der Waals surface area contributed by atoms with Crippen molar-refractivity contribution in [3.8, 4) is 0 Å². The Morgan fingerprint density at radius 3 is 2.47 bits per heavy atom. The molecule has 6 heteroatoms. The summed E-state index contributed by atoms with van der Waals surface area (Å²) in [6.07, 6.45) is 5.41. The molecule has 0 aromatic heterocycles. The molecular weight excluding hydrogens is 257 g/mol. The number of allylic oxidation sites excluding steroid dienone is 3. The lowest BCUT2D eigenvalue weighted by Crippen LogP contribution is -2.46. The summed E-state index contributed by atoms with van der Waals surface area (Å²) < 4.78 is 42.8. The van der Waals surface area contributed by atoms with E-state index in [2.05, 4.69) is 5.43 Å². The first kappa shape index (κ1) is 13.7. The molecule has 104 valence electrons. The Morgan fingerprint density at radius 1 is 1.21 bits per heavy atom. The Kier molecular flexibility index (Phi) is 3.71. The quantitative estimate of drug-likeness (QED) is 0.836. The largest absolute Gasteiger partial charge is 0.496 e. The minimum absolute atomic E-state index is 0.286. The molecule has 0 saturated heterocycles. The van der Waals surface area contributed by atoms with E-state index in [0.717, 1.165) is 11.6 Å². The van der Waals surface area contributed by atoms with Crippen LogP contribution in [0.25, 0.3) is 0 Å². The van der Waals surface area contributed by atoms with Crippen LogP contribution in [0.5, 0.6) is 0 Å². The van der Waals surface area contributed by atoms with E-state index in [4.69, 9.17) is 4.74 Å². The van der Waals surface area contributed by atoms with E-state index in [-0.39, 0.29) is 6.04 Å². The number of ether oxygens (including phenoxy) is 1. The lowest BCUT2D eigenvalue weighted by molar-refractivity contribution is -0.149. The third-order valence-electron chi connectivity index (χ3n) is 3.00. The lowest BCUT2D eigenvalue weighted by Gasteiger charge is -2.25. The summed E-state index contributed by atoms with van der Waals surface area (Å²) in [5.74, 6) is 0.703. The number of nitrogens with zero attached hydrogens (tertiary/aromatic N) is 1. The minimum atomic E-state index is -4.28. The first-order valence-corrected chi connectivity index (χ1v) is 5.82. The molecule has 0 aromatic carbocycles. The van der Waals surface area contributed by atoms with Gasteiger partial charge >= 0.3 is 6.18 Å². The molecule has 2 rings (SSSR count). The molecule has 0 spiro atoms. The first-order valence-electron chi connectivity index (χ1n) is 5.82. The number of alkyl halides is 3. The van der Waals surface area contributed by atoms with E-state index >= 15 is 0 Å². The van der Waals surface area contributed by atoms with Gasteiger partial charge in [-0.2, -0.15) is 13.2 Å². The summed E-state index contributed by atoms with van der Waals surface area (Å²) in [6, 6.07) is -1.92. The fourth-order valence-electron chi connectivity index (χ4n) is 1.91. The topological polar surface area (TPSA) is 24.5 Å². The number of halogens is 3. The summed E-state index contributed by atoms with van der Waals surface area (Å²) >= 11 is 0. The molecule has 0 radical (unpaired) electrons. The maximum absolute atomic E-state index is 12.6. The van der Waals surface area contributed by atoms with Gasteiger partial charge in [0.05, 0.1) is 13.2 Å². The Bertz CT molecular complexity index is 463. The van der Waals surface area contributed by atoms with E-state index in [9.17, 15) is 13.2 Å². The predicted molar refractivity (Wildman–Crippen MR) is 65.7 cm³/mol. The SMILES string of the molecule is COC1=C(C)C=CC(N2C=CC(C(F)(F)F)N2)C=C1. The molecule has 0 aromatic rings. The molecule has 2 atom stereocenters. The molecule has 1 heterocycles. The van der Waals surface area contributed by atoms with Gasteiger partial charge in [0, 0.05) is 6.20 Å². The average Bonchev–Trinajstić information content (AvgIpc) is 2.75. The number of methoxy groups -OCH3 is 1. The maximum Gasteiger partial charge on any atom is 0.409 e. The average molecular weight is 272 g/mol. The highest BCUT2D eigenvalue weighted by atomic mass is 19.4. The minimum Gasteiger partial charge on any atom is -0.496 e. The fraction of sp³-hybridized carbons (Fsp3) is 0.385. The fourth-order valence-corrected chi connectivity index (χ4v) is 1.91. The zero-order valence-electron chi connectivity index (χ0n) is 10.6. The van der Waals surface area contributed by atoms with Crippen LogP contribution >= 0.6 is 0 Å². The molecule has 1 aliphatic heterocycles. The van der Waals surface area contributed by atoms with E-state index in [1.165, 1.54) is 11.2 Å². The van der Waals surface area contributed by atoms with Crippen LogP contribution in [0.4, 0.5) is 13.2 Å². The normalized spacial score (nSPS) is 27.1. The highest BCUT2D eigenvalue weighted by Crippen LogP contribution is 2.26. The van der Waals surface area contributed by atoms with Gasteiger partial charge in [0.15, 0.2) is 0 Å². The molecule has 0 amide bonds. The second-order valence-electron chi connectivity index (χ2n) is 4.36. The van der Waals surface area contributed by atoms with Gasteiger partial charge in [0.2, 0.25) is 0 Å². The van der Waals surface area contributed by atoms with Crippen LogP contribution in [0.2, 0.25) is 0 Å². The number of nitrogens with one attached hydrogen (secondary N) is 1. The summed E-state index contributed by atoms with van der Waals surface area (Å²) in [7, 11) is 1.56. The zero-order valence-corrected chi connectivity index (χ0v) is 10.6.